The molecule has 0 unspecified atom stereocenters. The van der Waals surface area contributed by atoms with Crippen LogP contribution in [0.5, 0.6) is 0 Å². The Balaban J connectivity index is 2.07. The van der Waals surface area contributed by atoms with Crippen molar-refractivity contribution in [1.29, 1.82) is 5.26 Å². The van der Waals surface area contributed by atoms with Crippen molar-refractivity contribution < 1.29 is 4.79 Å². The molecule has 0 aromatic heterocycles. The summed E-state index contributed by atoms with van der Waals surface area (Å²) in [5.74, 6) is -0.0556. The van der Waals surface area contributed by atoms with Gasteiger partial charge >= 0.3 is 0 Å². The van der Waals surface area contributed by atoms with E-state index in [1.165, 1.54) is 0 Å². The van der Waals surface area contributed by atoms with Crippen LogP contribution >= 0.6 is 12.2 Å². The Morgan fingerprint density at radius 2 is 2.00 bits per heavy atom. The van der Waals surface area contributed by atoms with E-state index in [-0.39, 0.29) is 5.91 Å². The van der Waals surface area contributed by atoms with Gasteiger partial charge in [0.05, 0.1) is 17.3 Å². The average Bonchev–Trinajstić information content (AvgIpc) is 2.80. The first-order valence-electron chi connectivity index (χ1n) is 9.02. The van der Waals surface area contributed by atoms with E-state index in [2.05, 4.69) is 16.1 Å². The van der Waals surface area contributed by atoms with Crippen LogP contribution in [-0.2, 0) is 4.79 Å². The topological polar surface area (TPSA) is 96.1 Å². The summed E-state index contributed by atoms with van der Waals surface area (Å²) >= 11 is 5.62. The summed E-state index contributed by atoms with van der Waals surface area (Å²) in [6, 6.07) is 7.46. The molecule has 8 heteroatoms. The summed E-state index contributed by atoms with van der Waals surface area (Å²) in [5, 5.41) is 13.1. The van der Waals surface area contributed by atoms with E-state index in [1.807, 2.05) is 31.7 Å². The van der Waals surface area contributed by atoms with Crippen LogP contribution in [0.3, 0.4) is 0 Å². The van der Waals surface area contributed by atoms with E-state index in [0.29, 0.717) is 29.5 Å². The number of carbonyl (C=O) groups is 1. The highest BCUT2D eigenvalue weighted by molar-refractivity contribution is 7.80. The van der Waals surface area contributed by atoms with E-state index in [9.17, 15) is 4.79 Å². The molecule has 1 fully saturated rings. The number of unbranched alkanes of at least 4 members (excludes halogenated alkanes) is 3. The number of nitriles is 1. The van der Waals surface area contributed by atoms with Crippen LogP contribution in [0.4, 0.5) is 5.69 Å². The number of rotatable bonds is 8. The number of azide groups is 1. The van der Waals surface area contributed by atoms with Gasteiger partial charge in [-0.1, -0.05) is 18.0 Å². The largest absolute Gasteiger partial charge is 0.334 e. The fourth-order valence-corrected chi connectivity index (χ4v) is 3.71. The molecule has 0 atom stereocenters. The summed E-state index contributed by atoms with van der Waals surface area (Å²) in [7, 11) is 0. The van der Waals surface area contributed by atoms with Crippen molar-refractivity contribution in [2.24, 2.45) is 5.11 Å². The van der Waals surface area contributed by atoms with E-state index in [4.69, 9.17) is 23.0 Å². The van der Waals surface area contributed by atoms with Gasteiger partial charge < -0.3 is 4.90 Å². The second-order valence-electron chi connectivity index (χ2n) is 7.11. The molecule has 0 saturated carbocycles. The van der Waals surface area contributed by atoms with Crippen molar-refractivity contribution in [3.05, 3.63) is 39.8 Å². The number of hydrogen-bond acceptors (Lipinski definition) is 4. The van der Waals surface area contributed by atoms with Gasteiger partial charge in [-0.05, 0) is 75.1 Å². The Morgan fingerprint density at radius 1 is 1.30 bits per heavy atom. The van der Waals surface area contributed by atoms with Crippen molar-refractivity contribution >= 4 is 28.9 Å². The molecule has 1 aromatic rings. The van der Waals surface area contributed by atoms with Gasteiger partial charge in [0, 0.05) is 18.0 Å². The highest BCUT2D eigenvalue weighted by Crippen LogP contribution is 2.33. The van der Waals surface area contributed by atoms with Crippen molar-refractivity contribution in [1.82, 2.24) is 4.90 Å². The van der Waals surface area contributed by atoms with E-state index < -0.39 is 5.54 Å². The lowest BCUT2D eigenvalue weighted by Crippen LogP contribution is -2.44. The lowest BCUT2D eigenvalue weighted by Gasteiger charge is -2.29. The van der Waals surface area contributed by atoms with Crippen LogP contribution in [0.1, 0.15) is 50.7 Å². The molecular weight excluding hydrogens is 360 g/mol. The monoisotopic (exact) mass is 384 g/mol. The van der Waals surface area contributed by atoms with Crippen molar-refractivity contribution in [3.8, 4) is 6.07 Å². The Bertz CT molecular complexity index is 822. The Labute approximate surface area is 165 Å². The minimum Gasteiger partial charge on any atom is -0.334 e. The maximum atomic E-state index is 13.0. The molecule has 1 amide bonds. The Kier molecular flexibility index (Phi) is 6.78. The van der Waals surface area contributed by atoms with Gasteiger partial charge in [-0.15, -0.1) is 0 Å². The van der Waals surface area contributed by atoms with Crippen molar-refractivity contribution in [2.75, 3.05) is 18.0 Å². The smallest absolute Gasteiger partial charge is 0.258 e. The third-order valence-electron chi connectivity index (χ3n) is 4.87. The minimum absolute atomic E-state index is 0.0556. The first-order chi connectivity index (χ1) is 12.8. The maximum Gasteiger partial charge on any atom is 0.258 e. The number of benzene rings is 1. The van der Waals surface area contributed by atoms with E-state index in [1.54, 1.807) is 17.0 Å². The fourth-order valence-electron chi connectivity index (χ4n) is 3.20. The number of anilines is 1. The van der Waals surface area contributed by atoms with Gasteiger partial charge in [-0.3, -0.25) is 9.69 Å². The molecule has 2 rings (SSSR count). The standard InChI is InChI=1S/C19H24N6OS/c1-14-12-16(9-8-15(14)13-20)25-17(26)19(2,3)24(18(25)27)11-7-5-4-6-10-22-23-21/h8-9,12H,4-7,10-11H2,1-3H3. The van der Waals surface area contributed by atoms with Crippen LogP contribution in [0.25, 0.3) is 10.4 Å². The molecule has 1 heterocycles. The number of amides is 1. The molecule has 1 aliphatic rings. The molecule has 7 nitrogen and oxygen atoms in total. The second-order valence-corrected chi connectivity index (χ2v) is 7.48. The summed E-state index contributed by atoms with van der Waals surface area (Å²) < 4.78 is 0. The maximum absolute atomic E-state index is 13.0. The molecule has 0 N–H and O–H groups in total. The first-order valence-corrected chi connectivity index (χ1v) is 9.43. The quantitative estimate of drug-likeness (QED) is 0.217. The predicted octanol–water partition coefficient (Wildman–Crippen LogP) is 4.45. The third kappa shape index (κ3) is 4.38. The van der Waals surface area contributed by atoms with E-state index in [0.717, 1.165) is 31.2 Å². The molecule has 1 aliphatic heterocycles. The normalized spacial score (nSPS) is 15.6. The van der Waals surface area contributed by atoms with E-state index >= 15 is 0 Å². The molecule has 27 heavy (non-hydrogen) atoms. The Hall–Kier alpha value is -2.62. The molecule has 0 radical (unpaired) electrons. The summed E-state index contributed by atoms with van der Waals surface area (Å²) in [6.07, 6.45) is 3.74. The van der Waals surface area contributed by atoms with Crippen LogP contribution in [0.2, 0.25) is 0 Å². The lowest BCUT2D eigenvalue weighted by molar-refractivity contribution is -0.123. The Morgan fingerprint density at radius 3 is 2.63 bits per heavy atom. The lowest BCUT2D eigenvalue weighted by atomic mass is 10.0. The molecule has 1 saturated heterocycles. The summed E-state index contributed by atoms with van der Waals surface area (Å²) in [5.41, 5.74) is 9.68. The predicted molar refractivity (Wildman–Crippen MR) is 109 cm³/mol. The minimum atomic E-state index is -0.704. The first kappa shape index (κ1) is 20.7. The molecule has 142 valence electrons. The molecular formula is C19H24N6OS. The molecule has 0 aliphatic carbocycles. The fraction of sp³-hybridized carbons (Fsp3) is 0.526. The van der Waals surface area contributed by atoms with Gasteiger partial charge in [0.1, 0.15) is 5.54 Å². The third-order valence-corrected chi connectivity index (χ3v) is 5.27. The highest BCUT2D eigenvalue weighted by Gasteiger charge is 2.49. The zero-order valence-corrected chi connectivity index (χ0v) is 16.8. The average molecular weight is 385 g/mol. The number of thiocarbonyl (C=S) groups is 1. The van der Waals surface area contributed by atoms with Crippen LogP contribution < -0.4 is 4.90 Å². The van der Waals surface area contributed by atoms with Crippen molar-refractivity contribution in [2.45, 2.75) is 52.0 Å². The number of nitrogens with zero attached hydrogens (tertiary/aromatic N) is 6. The van der Waals surface area contributed by atoms with Gasteiger partial charge in [-0.25, -0.2) is 0 Å². The van der Waals surface area contributed by atoms with Gasteiger partial charge in [-0.2, -0.15) is 5.26 Å². The van der Waals surface area contributed by atoms with Gasteiger partial charge in [0.15, 0.2) is 5.11 Å². The molecule has 0 spiro atoms. The number of aryl methyl sites for hydroxylation is 1. The van der Waals surface area contributed by atoms with Gasteiger partial charge in [0.2, 0.25) is 0 Å². The highest BCUT2D eigenvalue weighted by atomic mass is 32.1. The second kappa shape index (κ2) is 8.85. The summed E-state index contributed by atoms with van der Waals surface area (Å²) in [4.78, 5) is 19.3. The zero-order valence-electron chi connectivity index (χ0n) is 16.0. The van der Waals surface area contributed by atoms with Gasteiger partial charge in [0.25, 0.3) is 5.91 Å². The summed E-state index contributed by atoms with van der Waals surface area (Å²) in [6.45, 7) is 6.85. The number of carbonyl (C=O) groups excluding carboxylic acids is 1. The van der Waals surface area contributed by atoms with Crippen LogP contribution in [0.15, 0.2) is 23.3 Å². The SMILES string of the molecule is Cc1cc(N2C(=O)C(C)(C)N(CCCCCCN=[N+]=[N-])C2=S)ccc1C#N. The molecule has 1 aromatic carbocycles. The zero-order chi connectivity index (χ0) is 20.0. The van der Waals surface area contributed by atoms with Crippen LogP contribution in [0, 0.1) is 18.3 Å². The van der Waals surface area contributed by atoms with Crippen LogP contribution in [-0.4, -0.2) is 34.5 Å². The molecule has 0 bridgehead atoms. The number of hydrogen-bond donors (Lipinski definition) is 0. The van der Waals surface area contributed by atoms with Crippen molar-refractivity contribution in [3.63, 3.8) is 0 Å².